The molecular weight excluding hydrogens is 911 g/mol. The monoisotopic (exact) mass is 975 g/mol. The molecule has 4 aromatic rings. The molecule has 0 bridgehead atoms. The van der Waals surface area contributed by atoms with E-state index in [4.69, 9.17) is 10.5 Å². The van der Waals surface area contributed by atoms with Crippen LogP contribution in [0, 0.1) is 0 Å². The summed E-state index contributed by atoms with van der Waals surface area (Å²) in [6.45, 7) is 5.14. The van der Waals surface area contributed by atoms with Crippen molar-refractivity contribution >= 4 is 58.5 Å². The topological polar surface area (TPSA) is 253 Å². The third-order valence-corrected chi connectivity index (χ3v) is 13.4. The number of carbonyl (C=O) groups excluding carboxylic acids is 8. The van der Waals surface area contributed by atoms with Gasteiger partial charge in [0.2, 0.25) is 41.4 Å². The number of nitrogens with zero attached hydrogens (tertiary/aromatic N) is 4. The van der Waals surface area contributed by atoms with Crippen LogP contribution in [-0.4, -0.2) is 109 Å². The van der Waals surface area contributed by atoms with Gasteiger partial charge in [0.1, 0.15) is 29.8 Å². The Balaban J connectivity index is 1.01. The summed E-state index contributed by atoms with van der Waals surface area (Å²) < 4.78 is 8.52. The lowest BCUT2D eigenvalue weighted by molar-refractivity contribution is -0.146. The molecular formula is C52H65N9O10. The van der Waals surface area contributed by atoms with Crippen LogP contribution in [0.1, 0.15) is 120 Å². The predicted molar refractivity (Wildman–Crippen MR) is 262 cm³/mol. The molecule has 0 radical (unpaired) electrons. The number of aromatic nitrogens is 2. The number of hydrogen-bond donors (Lipinski definition) is 5. The number of ether oxygens (including phenoxy) is 1. The Hall–Kier alpha value is -7.31. The number of piperidine rings is 1. The third kappa shape index (κ3) is 12.5. The molecule has 3 aliphatic rings. The van der Waals surface area contributed by atoms with Crippen LogP contribution in [-0.2, 0) is 51.8 Å². The molecule has 1 aromatic heterocycles. The average molecular weight is 976 g/mol. The van der Waals surface area contributed by atoms with Crippen LogP contribution in [0.4, 0.5) is 4.79 Å². The number of aryl methyl sites for hydroxylation is 2. The zero-order chi connectivity index (χ0) is 51.0. The van der Waals surface area contributed by atoms with Crippen molar-refractivity contribution in [3.8, 4) is 0 Å². The van der Waals surface area contributed by atoms with E-state index in [1.54, 1.807) is 38.8 Å². The fraction of sp³-hybridized carbons (Fsp3) is 0.481. The average Bonchev–Trinajstić information content (AvgIpc) is 3.86. The maximum Gasteiger partial charge on any atom is 0.408 e. The van der Waals surface area contributed by atoms with Crippen LogP contribution in [0.3, 0.4) is 0 Å². The van der Waals surface area contributed by atoms with Crippen LogP contribution >= 0.6 is 0 Å². The number of nitrogens with one attached hydrogen (secondary N) is 4. The Kier molecular flexibility index (Phi) is 16.4. The van der Waals surface area contributed by atoms with Crippen molar-refractivity contribution < 1.29 is 43.1 Å². The SMILES string of the molecule is Cn1c(=O)n(C2CCC(=O)NC2=O)c2cccc(CCCCCC(=O)N3CC[C@H]4CC[C@@H](C(=O)N[C@@H](CCC(N)=O)C(=O)NC(c5ccccc5)c5ccccc5)N4C(=O)[C@@H](NC(=O)OC(C)(C)C)C3)c21. The number of primary amides is 1. The first-order valence-corrected chi connectivity index (χ1v) is 24.5. The summed E-state index contributed by atoms with van der Waals surface area (Å²) in [5.74, 6) is -3.44. The van der Waals surface area contributed by atoms with Crippen molar-refractivity contribution in [2.24, 2.45) is 12.8 Å². The molecule has 19 heteroatoms. The van der Waals surface area contributed by atoms with E-state index in [1.807, 2.05) is 72.8 Å². The summed E-state index contributed by atoms with van der Waals surface area (Å²) in [5.41, 5.74) is 8.10. The van der Waals surface area contributed by atoms with Crippen LogP contribution in [0.2, 0.25) is 0 Å². The highest BCUT2D eigenvalue weighted by atomic mass is 16.6. The van der Waals surface area contributed by atoms with Crippen LogP contribution in [0.15, 0.2) is 83.7 Å². The zero-order valence-electron chi connectivity index (χ0n) is 40.8. The normalized spacial score (nSPS) is 19.9. The molecule has 71 heavy (non-hydrogen) atoms. The second-order valence-corrected chi connectivity index (χ2v) is 19.7. The lowest BCUT2D eigenvalue weighted by atomic mass is 9.98. The lowest BCUT2D eigenvalue weighted by Crippen LogP contribution is -2.62. The van der Waals surface area contributed by atoms with Crippen LogP contribution < -0.4 is 32.7 Å². The molecule has 0 saturated carbocycles. The predicted octanol–water partition coefficient (Wildman–Crippen LogP) is 3.56. The number of hydrogen-bond acceptors (Lipinski definition) is 10. The van der Waals surface area contributed by atoms with Crippen molar-refractivity contribution in [1.29, 1.82) is 0 Å². The van der Waals surface area contributed by atoms with E-state index >= 15 is 0 Å². The summed E-state index contributed by atoms with van der Waals surface area (Å²) in [4.78, 5) is 123. The number of imide groups is 1. The van der Waals surface area contributed by atoms with Crippen molar-refractivity contribution in [1.82, 2.24) is 40.2 Å². The first-order valence-electron chi connectivity index (χ1n) is 24.5. The zero-order valence-corrected chi connectivity index (χ0v) is 40.8. The second kappa shape index (κ2) is 22.6. The van der Waals surface area contributed by atoms with Gasteiger partial charge < -0.3 is 36.2 Å². The quantitative estimate of drug-likeness (QED) is 0.0760. The van der Waals surface area contributed by atoms with E-state index in [0.29, 0.717) is 49.6 Å². The summed E-state index contributed by atoms with van der Waals surface area (Å²) in [6, 6.07) is 18.9. The van der Waals surface area contributed by atoms with Gasteiger partial charge in [0.25, 0.3) is 0 Å². The summed E-state index contributed by atoms with van der Waals surface area (Å²) in [6.07, 6.45) is 2.92. The fourth-order valence-electron chi connectivity index (χ4n) is 10.0. The standard InChI is InChI=1S/C52H65N9O10/c1-52(2,3)71-50(69)55-37-31-59(43(64)22-13-7-12-19-34-20-14-21-38-45(34)58(4)51(70)61(38)40-26-28-42(63)56-48(40)67)30-29-35-23-25-39(60(35)49(37)68)47(66)54-36(24-27-41(53)62)46(65)57-44(32-15-8-5-9-16-32)33-17-10-6-11-18-33/h5-6,8-11,14-18,20-21,35-37,39-40,44H,7,12-13,19,22-31H2,1-4H3,(H2,53,62)(H,54,66)(H,55,69)(H,57,65)(H,56,63,67)/t35-,36+,37+,39+,40?/m1/s1. The number of para-hydroxylation sites is 1. The highest BCUT2D eigenvalue weighted by Gasteiger charge is 2.46. The summed E-state index contributed by atoms with van der Waals surface area (Å²) in [5, 5.41) is 10.9. The minimum Gasteiger partial charge on any atom is -0.444 e. The minimum absolute atomic E-state index is 0.0923. The lowest BCUT2D eigenvalue weighted by Gasteiger charge is -2.39. The van der Waals surface area contributed by atoms with Crippen molar-refractivity contribution in [3.63, 3.8) is 0 Å². The first-order chi connectivity index (χ1) is 33.9. The third-order valence-electron chi connectivity index (χ3n) is 13.4. The number of rotatable bonds is 17. The van der Waals surface area contributed by atoms with Gasteiger partial charge in [0.15, 0.2) is 0 Å². The molecule has 6 N–H and O–H groups in total. The molecule has 3 aromatic carbocycles. The van der Waals surface area contributed by atoms with Gasteiger partial charge in [0.05, 0.1) is 23.6 Å². The number of fused-ring (bicyclic) bond motifs is 2. The maximum atomic E-state index is 14.7. The van der Waals surface area contributed by atoms with E-state index in [9.17, 15) is 43.2 Å². The molecule has 3 fully saturated rings. The van der Waals surface area contributed by atoms with Crippen molar-refractivity contribution in [3.05, 3.63) is 106 Å². The second-order valence-electron chi connectivity index (χ2n) is 19.7. The van der Waals surface area contributed by atoms with Crippen LogP contribution in [0.25, 0.3) is 11.0 Å². The highest BCUT2D eigenvalue weighted by Crippen LogP contribution is 2.31. The minimum atomic E-state index is -1.27. The van der Waals surface area contributed by atoms with E-state index in [2.05, 4.69) is 21.3 Å². The number of unbranched alkanes of at least 4 members (excludes halogenated alkanes) is 2. The smallest absolute Gasteiger partial charge is 0.408 e. The van der Waals surface area contributed by atoms with Crippen molar-refractivity contribution in [2.75, 3.05) is 13.1 Å². The van der Waals surface area contributed by atoms with Gasteiger partial charge in [-0.05, 0) is 94.9 Å². The maximum absolute atomic E-state index is 14.7. The molecule has 7 rings (SSSR count). The van der Waals surface area contributed by atoms with Gasteiger partial charge in [-0.15, -0.1) is 0 Å². The molecule has 5 atom stereocenters. The number of amides is 8. The summed E-state index contributed by atoms with van der Waals surface area (Å²) in [7, 11) is 1.66. The molecule has 0 aliphatic carbocycles. The Morgan fingerprint density at radius 3 is 2.15 bits per heavy atom. The number of nitrogens with two attached hydrogens (primary N) is 1. The largest absolute Gasteiger partial charge is 0.444 e. The molecule has 8 amide bonds. The van der Waals surface area contributed by atoms with Gasteiger partial charge in [-0.3, -0.25) is 48.0 Å². The fourth-order valence-corrected chi connectivity index (χ4v) is 10.0. The van der Waals surface area contributed by atoms with Gasteiger partial charge in [-0.25, -0.2) is 9.59 Å². The van der Waals surface area contributed by atoms with E-state index in [-0.39, 0.29) is 69.1 Å². The first kappa shape index (κ1) is 51.5. The number of benzene rings is 3. The van der Waals surface area contributed by atoms with Crippen LogP contribution in [0.5, 0.6) is 0 Å². The van der Waals surface area contributed by atoms with Crippen molar-refractivity contribution in [2.45, 2.75) is 140 Å². The molecule has 3 saturated heterocycles. The molecule has 4 heterocycles. The number of imidazole rings is 1. The van der Waals surface area contributed by atoms with Gasteiger partial charge >= 0.3 is 11.8 Å². The van der Waals surface area contributed by atoms with Gasteiger partial charge in [-0.1, -0.05) is 79.2 Å². The van der Waals surface area contributed by atoms with Gasteiger partial charge in [0, 0.05) is 38.9 Å². The van der Waals surface area contributed by atoms with E-state index in [1.165, 1.54) is 14.0 Å². The Morgan fingerprint density at radius 1 is 0.817 bits per heavy atom. The Morgan fingerprint density at radius 2 is 1.51 bits per heavy atom. The van der Waals surface area contributed by atoms with E-state index in [0.717, 1.165) is 16.7 Å². The number of carbonyl (C=O) groups is 8. The Bertz CT molecular complexity index is 2660. The molecule has 3 aliphatic heterocycles. The summed E-state index contributed by atoms with van der Waals surface area (Å²) >= 11 is 0. The van der Waals surface area contributed by atoms with Gasteiger partial charge in [-0.2, -0.15) is 0 Å². The Labute approximate surface area is 412 Å². The molecule has 19 nitrogen and oxygen atoms in total. The van der Waals surface area contributed by atoms with E-state index < -0.39 is 77.5 Å². The molecule has 1 unspecified atom stereocenters. The number of alkyl carbamates (subject to hydrolysis) is 1. The molecule has 378 valence electrons. The molecule has 0 spiro atoms. The highest BCUT2D eigenvalue weighted by molar-refractivity contribution is 6.00.